The van der Waals surface area contributed by atoms with E-state index in [1.54, 1.807) is 11.3 Å². The highest BCUT2D eigenvalue weighted by molar-refractivity contribution is 7.10. The number of ketones is 1. The number of Topliss-reactive ketones (excluding diaryl/α,β-unsaturated/α-hetero) is 1. The molecular formula is C13H18OS. The molecule has 0 aliphatic heterocycles. The fraction of sp³-hybridized carbons (Fsp3) is 0.462. The van der Waals surface area contributed by atoms with Gasteiger partial charge in [-0.2, -0.15) is 0 Å². The molecule has 0 aromatic carbocycles. The first-order chi connectivity index (χ1) is 7.33. The third kappa shape index (κ3) is 5.53. The van der Waals surface area contributed by atoms with E-state index in [0.717, 1.165) is 32.1 Å². The Hall–Kier alpha value is -0.890. The van der Waals surface area contributed by atoms with E-state index in [4.69, 9.17) is 0 Å². The molecule has 0 amide bonds. The lowest BCUT2D eigenvalue weighted by molar-refractivity contribution is -0.118. The third-order valence-corrected chi connectivity index (χ3v) is 3.19. The number of hydrogen-bond acceptors (Lipinski definition) is 2. The number of hydrogen-bond donors (Lipinski definition) is 0. The third-order valence-electron chi connectivity index (χ3n) is 2.32. The molecule has 0 saturated heterocycles. The van der Waals surface area contributed by atoms with Crippen LogP contribution in [0, 0.1) is 0 Å². The van der Waals surface area contributed by atoms with E-state index < -0.39 is 0 Å². The first-order valence-corrected chi connectivity index (χ1v) is 6.36. The number of carbonyl (C=O) groups is 1. The Balaban J connectivity index is 2.06. The van der Waals surface area contributed by atoms with Crippen LogP contribution >= 0.6 is 11.3 Å². The van der Waals surface area contributed by atoms with Gasteiger partial charge in [0, 0.05) is 17.7 Å². The molecular weight excluding hydrogens is 204 g/mol. The van der Waals surface area contributed by atoms with Crippen LogP contribution in [-0.2, 0) is 11.2 Å². The molecule has 1 rings (SSSR count). The van der Waals surface area contributed by atoms with E-state index >= 15 is 0 Å². The molecule has 0 aliphatic carbocycles. The van der Waals surface area contributed by atoms with Gasteiger partial charge in [0.2, 0.25) is 0 Å². The van der Waals surface area contributed by atoms with Crippen LogP contribution in [0.3, 0.4) is 0 Å². The second-order valence-electron chi connectivity index (χ2n) is 3.68. The van der Waals surface area contributed by atoms with Gasteiger partial charge in [-0.1, -0.05) is 18.6 Å². The maximum absolute atomic E-state index is 11.5. The van der Waals surface area contributed by atoms with Crippen molar-refractivity contribution in [3.05, 3.63) is 35.0 Å². The van der Waals surface area contributed by atoms with Gasteiger partial charge < -0.3 is 0 Å². The zero-order valence-corrected chi connectivity index (χ0v) is 9.89. The summed E-state index contributed by atoms with van der Waals surface area (Å²) in [4.78, 5) is 12.7. The molecule has 2 heteroatoms. The van der Waals surface area contributed by atoms with Gasteiger partial charge in [0.1, 0.15) is 5.78 Å². The van der Waals surface area contributed by atoms with Gasteiger partial charge in [-0.15, -0.1) is 17.9 Å². The van der Waals surface area contributed by atoms with Crippen LogP contribution in [0.15, 0.2) is 30.2 Å². The van der Waals surface area contributed by atoms with Gasteiger partial charge in [-0.25, -0.2) is 0 Å². The average Bonchev–Trinajstić information content (AvgIpc) is 2.70. The van der Waals surface area contributed by atoms with Gasteiger partial charge in [-0.05, 0) is 30.7 Å². The minimum atomic E-state index is 0.371. The van der Waals surface area contributed by atoms with E-state index in [2.05, 4.69) is 6.58 Å². The normalized spacial score (nSPS) is 10.1. The summed E-state index contributed by atoms with van der Waals surface area (Å²) in [6.45, 7) is 3.68. The highest BCUT2D eigenvalue weighted by atomic mass is 32.1. The standard InChI is InChI=1S/C13H18OS/c1-2-3-4-5-6-8-12(14)11-13-9-7-10-15-13/h2,7,9-10H,1,3-6,8,11H2. The Labute approximate surface area is 95.8 Å². The van der Waals surface area contributed by atoms with Crippen LogP contribution in [0.5, 0.6) is 0 Å². The number of carbonyl (C=O) groups excluding carboxylic acids is 1. The molecule has 0 saturated carbocycles. The highest BCUT2D eigenvalue weighted by Gasteiger charge is 2.03. The van der Waals surface area contributed by atoms with Crippen LogP contribution < -0.4 is 0 Å². The fourth-order valence-corrected chi connectivity index (χ4v) is 2.22. The predicted molar refractivity (Wildman–Crippen MR) is 66.3 cm³/mol. The highest BCUT2D eigenvalue weighted by Crippen LogP contribution is 2.12. The quantitative estimate of drug-likeness (QED) is 0.480. The number of thiophene rings is 1. The monoisotopic (exact) mass is 222 g/mol. The number of rotatable bonds is 8. The lowest BCUT2D eigenvalue weighted by Crippen LogP contribution is -2.00. The van der Waals surface area contributed by atoms with Gasteiger partial charge in [0.15, 0.2) is 0 Å². The summed E-state index contributed by atoms with van der Waals surface area (Å²) in [6, 6.07) is 4.03. The maximum Gasteiger partial charge on any atom is 0.138 e. The van der Waals surface area contributed by atoms with Crippen molar-refractivity contribution in [2.45, 2.75) is 38.5 Å². The Kier molecular flexibility index (Phi) is 6.02. The molecule has 1 heterocycles. The minimum Gasteiger partial charge on any atom is -0.299 e. The Morgan fingerprint density at radius 1 is 1.40 bits per heavy atom. The molecule has 0 radical (unpaired) electrons. The lowest BCUT2D eigenvalue weighted by Gasteiger charge is -1.99. The number of allylic oxidation sites excluding steroid dienone is 1. The largest absolute Gasteiger partial charge is 0.299 e. The smallest absolute Gasteiger partial charge is 0.138 e. The fourth-order valence-electron chi connectivity index (χ4n) is 1.48. The molecule has 0 atom stereocenters. The van der Waals surface area contributed by atoms with Crippen molar-refractivity contribution in [2.24, 2.45) is 0 Å². The van der Waals surface area contributed by atoms with Crippen molar-refractivity contribution in [1.82, 2.24) is 0 Å². The summed E-state index contributed by atoms with van der Waals surface area (Å²) in [5, 5.41) is 2.02. The minimum absolute atomic E-state index is 0.371. The van der Waals surface area contributed by atoms with Crippen LogP contribution in [-0.4, -0.2) is 5.78 Å². The molecule has 1 aromatic rings. The second kappa shape index (κ2) is 7.41. The van der Waals surface area contributed by atoms with Crippen LogP contribution in [0.1, 0.15) is 37.0 Å². The van der Waals surface area contributed by atoms with Crippen LogP contribution in [0.2, 0.25) is 0 Å². The first-order valence-electron chi connectivity index (χ1n) is 5.48. The van der Waals surface area contributed by atoms with E-state index in [1.165, 1.54) is 4.88 Å². The summed E-state index contributed by atoms with van der Waals surface area (Å²) in [6.07, 6.45) is 7.69. The molecule has 15 heavy (non-hydrogen) atoms. The summed E-state index contributed by atoms with van der Waals surface area (Å²) in [5.41, 5.74) is 0. The molecule has 82 valence electrons. The van der Waals surface area contributed by atoms with Crippen molar-refractivity contribution in [2.75, 3.05) is 0 Å². The summed E-state index contributed by atoms with van der Waals surface area (Å²) in [7, 11) is 0. The zero-order chi connectivity index (χ0) is 10.9. The molecule has 1 nitrogen and oxygen atoms in total. The molecule has 0 aliphatic rings. The average molecular weight is 222 g/mol. The molecule has 0 unspecified atom stereocenters. The predicted octanol–water partition coefficient (Wildman–Crippen LogP) is 4.00. The topological polar surface area (TPSA) is 17.1 Å². The zero-order valence-electron chi connectivity index (χ0n) is 9.08. The van der Waals surface area contributed by atoms with Gasteiger partial charge in [0.25, 0.3) is 0 Å². The summed E-state index contributed by atoms with van der Waals surface area (Å²) < 4.78 is 0. The molecule has 1 aromatic heterocycles. The van der Waals surface area contributed by atoms with Gasteiger partial charge in [-0.3, -0.25) is 4.79 Å². The maximum atomic E-state index is 11.5. The van der Waals surface area contributed by atoms with Crippen LogP contribution in [0.25, 0.3) is 0 Å². The molecule has 0 bridgehead atoms. The van der Waals surface area contributed by atoms with Gasteiger partial charge >= 0.3 is 0 Å². The summed E-state index contributed by atoms with van der Waals surface area (Å²) >= 11 is 1.66. The van der Waals surface area contributed by atoms with Crippen molar-refractivity contribution < 1.29 is 4.79 Å². The first kappa shape index (κ1) is 12.2. The Morgan fingerprint density at radius 3 is 2.93 bits per heavy atom. The molecule has 0 spiro atoms. The van der Waals surface area contributed by atoms with Crippen molar-refractivity contribution >= 4 is 17.1 Å². The van der Waals surface area contributed by atoms with Crippen molar-refractivity contribution in [3.63, 3.8) is 0 Å². The second-order valence-corrected chi connectivity index (χ2v) is 4.72. The Morgan fingerprint density at radius 2 is 2.27 bits per heavy atom. The molecule has 0 fully saturated rings. The van der Waals surface area contributed by atoms with Crippen molar-refractivity contribution in [1.29, 1.82) is 0 Å². The van der Waals surface area contributed by atoms with E-state index in [-0.39, 0.29) is 0 Å². The van der Waals surface area contributed by atoms with E-state index in [9.17, 15) is 4.79 Å². The van der Waals surface area contributed by atoms with Crippen molar-refractivity contribution in [3.8, 4) is 0 Å². The summed E-state index contributed by atoms with van der Waals surface area (Å²) in [5.74, 6) is 0.371. The van der Waals surface area contributed by atoms with E-state index in [1.807, 2.05) is 23.6 Å². The van der Waals surface area contributed by atoms with Crippen LogP contribution in [0.4, 0.5) is 0 Å². The van der Waals surface area contributed by atoms with Gasteiger partial charge in [0.05, 0.1) is 0 Å². The molecule has 0 N–H and O–H groups in total. The SMILES string of the molecule is C=CCCCCCC(=O)Cc1cccs1. The Bertz CT molecular complexity index is 287. The van der Waals surface area contributed by atoms with E-state index in [0.29, 0.717) is 12.2 Å². The number of unbranched alkanes of at least 4 members (excludes halogenated alkanes) is 3. The lowest BCUT2D eigenvalue weighted by atomic mass is 10.1.